The smallest absolute Gasteiger partial charge is 0.332 e. The van der Waals surface area contributed by atoms with E-state index in [0.29, 0.717) is 23.6 Å². The number of fused-ring (bicyclic) bond motifs is 1. The first-order valence-electron chi connectivity index (χ1n) is 10.3. The predicted molar refractivity (Wildman–Crippen MR) is 122 cm³/mol. The van der Waals surface area contributed by atoms with Crippen molar-refractivity contribution in [2.75, 3.05) is 11.9 Å². The number of carbonyl (C=O) groups excluding carboxylic acids is 1. The third-order valence-corrected chi connectivity index (χ3v) is 5.00. The number of benzene rings is 2. The number of rotatable bonds is 7. The lowest BCUT2D eigenvalue weighted by molar-refractivity contribution is -0.116. The zero-order valence-electron chi connectivity index (χ0n) is 17.8. The number of para-hydroxylation sites is 2. The highest BCUT2D eigenvalue weighted by atomic mass is 19.1. The zero-order chi connectivity index (χ0) is 23.4. The molecule has 1 amide bonds. The van der Waals surface area contributed by atoms with Crippen LogP contribution in [0.4, 0.5) is 10.1 Å². The zero-order valence-corrected chi connectivity index (χ0v) is 17.8. The number of halogens is 1. The number of anilines is 1. The summed E-state index contributed by atoms with van der Waals surface area (Å²) in [5.74, 6) is -0.387. The fourth-order valence-electron chi connectivity index (χ4n) is 3.49. The third kappa shape index (κ3) is 4.67. The van der Waals surface area contributed by atoms with Crippen LogP contribution in [0.1, 0.15) is 12.5 Å². The molecule has 0 aliphatic heterocycles. The molecular weight excluding hydrogens is 427 g/mol. The molecular formula is C24H21FN4O4. The number of carbonyl (C=O) groups is 1. The van der Waals surface area contributed by atoms with Gasteiger partial charge in [-0.05, 0) is 48.9 Å². The van der Waals surface area contributed by atoms with Gasteiger partial charge in [0.25, 0.3) is 5.56 Å². The van der Waals surface area contributed by atoms with Gasteiger partial charge in [-0.15, -0.1) is 0 Å². The van der Waals surface area contributed by atoms with E-state index >= 15 is 0 Å². The van der Waals surface area contributed by atoms with E-state index in [4.69, 9.17) is 4.74 Å². The van der Waals surface area contributed by atoms with Gasteiger partial charge in [0.1, 0.15) is 18.1 Å². The van der Waals surface area contributed by atoms with E-state index in [1.807, 2.05) is 6.92 Å². The van der Waals surface area contributed by atoms with Crippen LogP contribution in [0.15, 0.2) is 76.4 Å². The lowest BCUT2D eigenvalue weighted by atomic mass is 10.2. The van der Waals surface area contributed by atoms with E-state index in [-0.39, 0.29) is 24.1 Å². The Labute approximate surface area is 187 Å². The highest BCUT2D eigenvalue weighted by molar-refractivity contribution is 5.92. The molecule has 4 rings (SSSR count). The maximum absolute atomic E-state index is 13.3. The summed E-state index contributed by atoms with van der Waals surface area (Å²) < 4.78 is 21.0. The van der Waals surface area contributed by atoms with Gasteiger partial charge < -0.3 is 10.1 Å². The van der Waals surface area contributed by atoms with Crippen LogP contribution in [0, 0.1) is 5.82 Å². The van der Waals surface area contributed by atoms with Gasteiger partial charge >= 0.3 is 5.69 Å². The van der Waals surface area contributed by atoms with Crippen LogP contribution in [-0.4, -0.2) is 26.6 Å². The highest BCUT2D eigenvalue weighted by Crippen LogP contribution is 2.23. The number of aromatic nitrogens is 3. The Morgan fingerprint density at radius 2 is 1.79 bits per heavy atom. The van der Waals surface area contributed by atoms with Crippen molar-refractivity contribution in [2.24, 2.45) is 0 Å². The quantitative estimate of drug-likeness (QED) is 0.469. The molecule has 33 heavy (non-hydrogen) atoms. The van der Waals surface area contributed by atoms with E-state index < -0.39 is 23.0 Å². The monoisotopic (exact) mass is 448 g/mol. The van der Waals surface area contributed by atoms with Crippen LogP contribution in [0.2, 0.25) is 0 Å². The van der Waals surface area contributed by atoms with Crippen molar-refractivity contribution in [3.8, 4) is 5.75 Å². The molecule has 0 aliphatic rings. The summed E-state index contributed by atoms with van der Waals surface area (Å²) in [5.41, 5.74) is 0.0844. The first kappa shape index (κ1) is 21.9. The molecule has 2 aromatic heterocycles. The summed E-state index contributed by atoms with van der Waals surface area (Å²) in [5, 5.41) is 2.75. The molecule has 0 saturated carbocycles. The average Bonchev–Trinajstić information content (AvgIpc) is 2.82. The second kappa shape index (κ2) is 9.47. The summed E-state index contributed by atoms with van der Waals surface area (Å²) >= 11 is 0. The van der Waals surface area contributed by atoms with Gasteiger partial charge in [0.2, 0.25) is 5.91 Å². The van der Waals surface area contributed by atoms with Gasteiger partial charge in [-0.3, -0.25) is 18.7 Å². The predicted octanol–water partition coefficient (Wildman–Crippen LogP) is 2.78. The molecule has 0 spiro atoms. The second-order valence-electron chi connectivity index (χ2n) is 7.23. The SMILES string of the molecule is CCOc1ccccc1NC(=O)Cn1c(=O)n(Cc2ccc(F)cc2)c(=O)c2ncccc21. The number of hydrogen-bond acceptors (Lipinski definition) is 5. The van der Waals surface area contributed by atoms with Crippen LogP contribution < -0.4 is 21.3 Å². The number of nitrogens with one attached hydrogen (secondary N) is 1. The molecule has 0 unspecified atom stereocenters. The molecule has 0 fully saturated rings. The molecule has 0 atom stereocenters. The van der Waals surface area contributed by atoms with Crippen molar-refractivity contribution in [1.82, 2.24) is 14.1 Å². The molecule has 0 bridgehead atoms. The molecule has 9 heteroatoms. The summed E-state index contributed by atoms with van der Waals surface area (Å²) in [7, 11) is 0. The molecule has 1 N–H and O–H groups in total. The van der Waals surface area contributed by atoms with Gasteiger partial charge in [0, 0.05) is 6.20 Å². The standard InChI is InChI=1S/C24H21FN4O4/c1-2-33-20-8-4-3-6-18(20)27-21(30)15-28-19-7-5-13-26-22(19)23(31)29(24(28)32)14-16-9-11-17(25)12-10-16/h3-13H,2,14-15H2,1H3,(H,27,30). The van der Waals surface area contributed by atoms with Crippen LogP contribution in [0.5, 0.6) is 5.75 Å². The molecule has 0 radical (unpaired) electrons. The van der Waals surface area contributed by atoms with E-state index in [0.717, 1.165) is 4.57 Å². The highest BCUT2D eigenvalue weighted by Gasteiger charge is 2.17. The number of ether oxygens (including phenoxy) is 1. The summed E-state index contributed by atoms with van der Waals surface area (Å²) in [4.78, 5) is 43.2. The molecule has 4 aromatic rings. The van der Waals surface area contributed by atoms with Crippen molar-refractivity contribution in [1.29, 1.82) is 0 Å². The van der Waals surface area contributed by atoms with Gasteiger partial charge in [0.05, 0.1) is 24.4 Å². The lowest BCUT2D eigenvalue weighted by Crippen LogP contribution is -2.42. The van der Waals surface area contributed by atoms with E-state index in [9.17, 15) is 18.8 Å². The molecule has 168 valence electrons. The van der Waals surface area contributed by atoms with Gasteiger partial charge in [-0.1, -0.05) is 24.3 Å². The van der Waals surface area contributed by atoms with E-state index in [1.54, 1.807) is 36.4 Å². The normalized spacial score (nSPS) is 10.8. The van der Waals surface area contributed by atoms with E-state index in [1.165, 1.54) is 35.0 Å². The second-order valence-corrected chi connectivity index (χ2v) is 7.23. The maximum Gasteiger partial charge on any atom is 0.332 e. The van der Waals surface area contributed by atoms with Crippen molar-refractivity contribution < 1.29 is 13.9 Å². The number of hydrogen-bond donors (Lipinski definition) is 1. The Bertz CT molecular complexity index is 1430. The van der Waals surface area contributed by atoms with Gasteiger partial charge in [0.15, 0.2) is 5.52 Å². The Balaban J connectivity index is 1.72. The number of amides is 1. The minimum Gasteiger partial charge on any atom is -0.492 e. The third-order valence-electron chi connectivity index (χ3n) is 5.00. The fraction of sp³-hybridized carbons (Fsp3) is 0.167. The van der Waals surface area contributed by atoms with Crippen LogP contribution in [-0.2, 0) is 17.9 Å². The molecule has 0 saturated heterocycles. The fourth-order valence-corrected chi connectivity index (χ4v) is 3.49. The maximum atomic E-state index is 13.3. The molecule has 2 heterocycles. The van der Waals surface area contributed by atoms with Crippen LogP contribution in [0.25, 0.3) is 11.0 Å². The molecule has 8 nitrogen and oxygen atoms in total. The Hall–Kier alpha value is -4.27. The largest absolute Gasteiger partial charge is 0.492 e. The number of nitrogens with zero attached hydrogens (tertiary/aromatic N) is 3. The summed E-state index contributed by atoms with van der Waals surface area (Å²) in [6, 6.07) is 15.6. The molecule has 0 aliphatic carbocycles. The van der Waals surface area contributed by atoms with Gasteiger partial charge in [-0.25, -0.2) is 14.2 Å². The Morgan fingerprint density at radius 1 is 1.03 bits per heavy atom. The lowest BCUT2D eigenvalue weighted by Gasteiger charge is -2.15. The van der Waals surface area contributed by atoms with Crippen LogP contribution in [0.3, 0.4) is 0 Å². The first-order chi connectivity index (χ1) is 16.0. The van der Waals surface area contributed by atoms with Gasteiger partial charge in [-0.2, -0.15) is 0 Å². The Kier molecular flexibility index (Phi) is 6.30. The topological polar surface area (TPSA) is 95.2 Å². The first-order valence-corrected chi connectivity index (χ1v) is 10.3. The Morgan fingerprint density at radius 3 is 2.55 bits per heavy atom. The van der Waals surface area contributed by atoms with Crippen molar-refractivity contribution in [3.05, 3.63) is 99.1 Å². The van der Waals surface area contributed by atoms with Crippen molar-refractivity contribution >= 4 is 22.6 Å². The van der Waals surface area contributed by atoms with Crippen molar-refractivity contribution in [3.63, 3.8) is 0 Å². The molecule has 2 aromatic carbocycles. The average molecular weight is 448 g/mol. The summed E-state index contributed by atoms with van der Waals surface area (Å²) in [6.07, 6.45) is 1.44. The number of pyridine rings is 1. The summed E-state index contributed by atoms with van der Waals surface area (Å²) in [6.45, 7) is 1.84. The minimum absolute atomic E-state index is 0.0572. The van der Waals surface area contributed by atoms with Crippen LogP contribution >= 0.6 is 0 Å². The van der Waals surface area contributed by atoms with Crippen molar-refractivity contribution in [2.45, 2.75) is 20.0 Å². The van der Waals surface area contributed by atoms with E-state index in [2.05, 4.69) is 10.3 Å². The minimum atomic E-state index is -0.668.